The van der Waals surface area contributed by atoms with Crippen LogP contribution in [0.1, 0.15) is 74.7 Å². The van der Waals surface area contributed by atoms with E-state index in [-0.39, 0.29) is 0 Å². The molecule has 0 N–H and O–H groups in total. The van der Waals surface area contributed by atoms with Crippen molar-refractivity contribution in [1.29, 1.82) is 0 Å². The smallest absolute Gasteiger partial charge is 0.0297 e. The van der Waals surface area contributed by atoms with Crippen LogP contribution in [0.3, 0.4) is 0 Å². The quantitative estimate of drug-likeness (QED) is 0.458. The molecule has 124 valence electrons. The molecule has 2 aromatic carbocycles. The average Bonchev–Trinajstić information content (AvgIpc) is 3.12. The van der Waals surface area contributed by atoms with Crippen molar-refractivity contribution in [3.63, 3.8) is 0 Å². The van der Waals surface area contributed by atoms with Gasteiger partial charge in [0.25, 0.3) is 0 Å². The number of hydrogen-bond donors (Lipinski definition) is 0. The van der Waals surface area contributed by atoms with Crippen molar-refractivity contribution in [3.8, 4) is 0 Å². The number of benzene rings is 2. The molecule has 2 aromatic rings. The standard InChI is InChI=1S/C22H30S/c1-2-3-4-5-6-7-9-18-11-12-20-17-21(14-13-19(20)16-18)22-10-8-15-23-22/h11-14,16-17,22H,2-10,15H2,1H3. The molecule has 1 fully saturated rings. The van der Waals surface area contributed by atoms with E-state index in [1.807, 2.05) is 0 Å². The minimum atomic E-state index is 0.738. The summed E-state index contributed by atoms with van der Waals surface area (Å²) in [5.41, 5.74) is 3.04. The van der Waals surface area contributed by atoms with E-state index in [1.165, 1.54) is 85.4 Å². The fraction of sp³-hybridized carbons (Fsp3) is 0.545. The van der Waals surface area contributed by atoms with E-state index >= 15 is 0 Å². The molecule has 0 bridgehead atoms. The van der Waals surface area contributed by atoms with E-state index in [1.54, 1.807) is 0 Å². The molecule has 1 heteroatoms. The van der Waals surface area contributed by atoms with Gasteiger partial charge in [0.1, 0.15) is 0 Å². The molecule has 23 heavy (non-hydrogen) atoms. The second kappa shape index (κ2) is 8.78. The van der Waals surface area contributed by atoms with Crippen LogP contribution < -0.4 is 0 Å². The van der Waals surface area contributed by atoms with Crippen LogP contribution in [0.4, 0.5) is 0 Å². The number of aryl methyl sites for hydroxylation is 1. The lowest BCUT2D eigenvalue weighted by Gasteiger charge is -2.11. The molecule has 1 heterocycles. The minimum absolute atomic E-state index is 0.738. The molecule has 1 aliphatic rings. The Morgan fingerprint density at radius 2 is 1.70 bits per heavy atom. The number of thioether (sulfide) groups is 1. The Balaban J connectivity index is 1.57. The third-order valence-electron chi connectivity index (χ3n) is 5.05. The van der Waals surface area contributed by atoms with Gasteiger partial charge >= 0.3 is 0 Å². The Kier molecular flexibility index (Phi) is 6.45. The zero-order valence-corrected chi connectivity index (χ0v) is 15.3. The Bertz CT molecular complexity index is 610. The predicted octanol–water partition coefficient (Wildman–Crippen LogP) is 7.31. The first-order valence-corrected chi connectivity index (χ1v) is 10.6. The molecule has 0 saturated carbocycles. The van der Waals surface area contributed by atoms with Crippen LogP contribution in [0.15, 0.2) is 36.4 Å². The molecule has 1 unspecified atom stereocenters. The van der Waals surface area contributed by atoms with Crippen LogP contribution in [-0.2, 0) is 6.42 Å². The number of hydrogen-bond acceptors (Lipinski definition) is 1. The van der Waals surface area contributed by atoms with Gasteiger partial charge in [-0.25, -0.2) is 0 Å². The van der Waals surface area contributed by atoms with Crippen LogP contribution in [0, 0.1) is 0 Å². The Hall–Kier alpha value is -0.950. The first-order chi connectivity index (χ1) is 11.4. The van der Waals surface area contributed by atoms with Crippen LogP contribution in [0.5, 0.6) is 0 Å². The van der Waals surface area contributed by atoms with E-state index in [0.29, 0.717) is 0 Å². The van der Waals surface area contributed by atoms with Gasteiger partial charge in [0.05, 0.1) is 0 Å². The Morgan fingerprint density at radius 3 is 2.52 bits per heavy atom. The van der Waals surface area contributed by atoms with Gasteiger partial charge in [-0.15, -0.1) is 0 Å². The zero-order chi connectivity index (χ0) is 15.9. The highest BCUT2D eigenvalue weighted by atomic mass is 32.2. The maximum atomic E-state index is 2.42. The van der Waals surface area contributed by atoms with Crippen LogP contribution in [-0.4, -0.2) is 5.75 Å². The van der Waals surface area contributed by atoms with E-state index in [9.17, 15) is 0 Å². The molecule has 1 saturated heterocycles. The molecule has 0 spiro atoms. The van der Waals surface area contributed by atoms with Crippen LogP contribution in [0.2, 0.25) is 0 Å². The summed E-state index contributed by atoms with van der Waals surface area (Å²) in [7, 11) is 0. The number of rotatable bonds is 8. The Morgan fingerprint density at radius 1 is 0.913 bits per heavy atom. The summed E-state index contributed by atoms with van der Waals surface area (Å²) in [5, 5.41) is 3.57. The highest BCUT2D eigenvalue weighted by molar-refractivity contribution is 7.99. The summed E-state index contributed by atoms with van der Waals surface area (Å²) in [6.07, 6.45) is 12.3. The van der Waals surface area contributed by atoms with Crippen molar-refractivity contribution in [3.05, 3.63) is 47.5 Å². The summed E-state index contributed by atoms with van der Waals surface area (Å²) in [6, 6.07) is 14.2. The molecule has 1 atom stereocenters. The monoisotopic (exact) mass is 326 g/mol. The van der Waals surface area contributed by atoms with Crippen molar-refractivity contribution in [2.45, 2.75) is 70.0 Å². The molecule has 0 radical (unpaired) electrons. The van der Waals surface area contributed by atoms with Crippen molar-refractivity contribution in [2.75, 3.05) is 5.75 Å². The summed E-state index contributed by atoms with van der Waals surface area (Å²) in [6.45, 7) is 2.28. The van der Waals surface area contributed by atoms with E-state index in [4.69, 9.17) is 0 Å². The average molecular weight is 327 g/mol. The molecule has 0 aliphatic carbocycles. The summed E-state index contributed by atoms with van der Waals surface area (Å²) >= 11 is 2.13. The second-order valence-corrected chi connectivity index (χ2v) is 8.27. The van der Waals surface area contributed by atoms with E-state index in [2.05, 4.69) is 55.1 Å². The van der Waals surface area contributed by atoms with Gasteiger partial charge in [0.2, 0.25) is 0 Å². The topological polar surface area (TPSA) is 0 Å². The minimum Gasteiger partial charge on any atom is -0.154 e. The van der Waals surface area contributed by atoms with Crippen LogP contribution >= 0.6 is 11.8 Å². The van der Waals surface area contributed by atoms with Gasteiger partial charge < -0.3 is 0 Å². The first-order valence-electron chi connectivity index (χ1n) is 9.51. The lowest BCUT2D eigenvalue weighted by molar-refractivity contribution is 0.607. The zero-order valence-electron chi connectivity index (χ0n) is 14.5. The maximum absolute atomic E-state index is 2.42. The van der Waals surface area contributed by atoms with Crippen molar-refractivity contribution >= 4 is 22.5 Å². The first kappa shape index (κ1) is 16.9. The Labute approximate surface area is 146 Å². The van der Waals surface area contributed by atoms with Gasteiger partial charge in [-0.3, -0.25) is 0 Å². The van der Waals surface area contributed by atoms with Gasteiger partial charge in [0, 0.05) is 5.25 Å². The third-order valence-corrected chi connectivity index (χ3v) is 6.48. The third kappa shape index (κ3) is 4.76. The molecular formula is C22H30S. The lowest BCUT2D eigenvalue weighted by Crippen LogP contribution is -1.90. The maximum Gasteiger partial charge on any atom is 0.0297 e. The molecule has 1 aliphatic heterocycles. The van der Waals surface area contributed by atoms with Gasteiger partial charge in [-0.2, -0.15) is 11.8 Å². The fourth-order valence-electron chi connectivity index (χ4n) is 3.62. The second-order valence-electron chi connectivity index (χ2n) is 6.96. The van der Waals surface area contributed by atoms with Gasteiger partial charge in [-0.05, 0) is 53.3 Å². The van der Waals surface area contributed by atoms with E-state index < -0.39 is 0 Å². The molecule has 0 aromatic heterocycles. The SMILES string of the molecule is CCCCCCCCc1ccc2cc(C3CCCS3)ccc2c1. The van der Waals surface area contributed by atoms with Gasteiger partial charge in [0.15, 0.2) is 0 Å². The molecular weight excluding hydrogens is 296 g/mol. The van der Waals surface area contributed by atoms with Crippen molar-refractivity contribution in [1.82, 2.24) is 0 Å². The summed E-state index contributed by atoms with van der Waals surface area (Å²) < 4.78 is 0. The molecule has 3 rings (SSSR count). The van der Waals surface area contributed by atoms with Crippen molar-refractivity contribution < 1.29 is 0 Å². The van der Waals surface area contributed by atoms with Crippen LogP contribution in [0.25, 0.3) is 10.8 Å². The normalized spacial score (nSPS) is 17.9. The highest BCUT2D eigenvalue weighted by Gasteiger charge is 2.17. The summed E-state index contributed by atoms with van der Waals surface area (Å²) in [4.78, 5) is 0. The number of unbranched alkanes of at least 4 members (excludes halogenated alkanes) is 5. The summed E-state index contributed by atoms with van der Waals surface area (Å²) in [5.74, 6) is 1.33. The van der Waals surface area contributed by atoms with Gasteiger partial charge in [-0.1, -0.05) is 75.4 Å². The predicted molar refractivity (Wildman–Crippen MR) is 105 cm³/mol. The van der Waals surface area contributed by atoms with E-state index in [0.717, 1.165) is 5.25 Å². The van der Waals surface area contributed by atoms with Crippen molar-refractivity contribution in [2.24, 2.45) is 0 Å². The highest BCUT2D eigenvalue weighted by Crippen LogP contribution is 2.40. The molecule has 0 amide bonds. The number of fused-ring (bicyclic) bond motifs is 1. The lowest BCUT2D eigenvalue weighted by atomic mass is 9.99. The largest absolute Gasteiger partial charge is 0.154 e. The molecule has 0 nitrogen and oxygen atoms in total. The fourth-order valence-corrected chi connectivity index (χ4v) is 4.91.